The summed E-state index contributed by atoms with van der Waals surface area (Å²) in [4.78, 5) is 115. The topological polar surface area (TPSA) is 467 Å². The fourth-order valence-electron chi connectivity index (χ4n) is 18.4. The molecule has 4 aromatic carbocycles. The highest BCUT2D eigenvalue weighted by molar-refractivity contribution is 7.86. The van der Waals surface area contributed by atoms with Gasteiger partial charge >= 0.3 is 33.2 Å². The minimum absolute atomic E-state index is 0.00306. The number of benzene rings is 4. The smallest absolute Gasteiger partial charge is 0.425 e. The largest absolute Gasteiger partial charge is 0.481 e. The zero-order valence-corrected chi connectivity index (χ0v) is 83.0. The van der Waals surface area contributed by atoms with E-state index < -0.39 is 118 Å². The molecule has 2 aliphatic carbocycles. The van der Waals surface area contributed by atoms with Crippen LogP contribution in [0.25, 0.3) is 0 Å². The monoisotopic (exact) mass is 1940 g/mol. The molecule has 2 unspecified atom stereocenters. The first-order valence-electron chi connectivity index (χ1n) is 46.0. The second-order valence-corrected chi connectivity index (χ2v) is 40.2. The van der Waals surface area contributed by atoms with Crippen molar-refractivity contribution in [2.45, 2.75) is 233 Å². The van der Waals surface area contributed by atoms with Gasteiger partial charge in [-0.2, -0.15) is 26.0 Å². The summed E-state index contributed by atoms with van der Waals surface area (Å²) in [6.07, 6.45) is 29.4. The SMILES string of the molecule is CCCCN1C(=CC=C2C=C(C=CC3=[N+](CCC)c4ccccc4C3(C)C)CC(C(=O)NCCCCCC(=O)O)(C(=O)NCCS(=O)(=O)O)C2)C(C)(C)c2ccccc21.CCCCN1C(=CC=C2C=C(C=CC3=[N+](CCC)c4ccccc4C3(C)C)CC(C(=O)NCCCCCC(=O)ON3C(=O)CCC3=O)(C(=O)NCCS(=O)(=O)O)C2)C(C)(C)c2ccccc21.CN.O=S(=O)=O.O=S(=O)=O. The Bertz CT molecular complexity index is 5810. The highest BCUT2D eigenvalue weighted by Crippen LogP contribution is 2.51. The molecule has 1 fully saturated rings. The minimum Gasteiger partial charge on any atom is -0.481 e. The summed E-state index contributed by atoms with van der Waals surface area (Å²) in [6.45, 7) is 29.2. The molecule has 4 aromatic rings. The van der Waals surface area contributed by atoms with Crippen LogP contribution < -0.4 is 36.8 Å². The van der Waals surface area contributed by atoms with E-state index in [9.17, 15) is 64.3 Å². The van der Waals surface area contributed by atoms with Crippen molar-refractivity contribution >= 4 is 123 Å². The van der Waals surface area contributed by atoms with E-state index in [1.54, 1.807) is 0 Å². The van der Waals surface area contributed by atoms with Crippen molar-refractivity contribution in [2.75, 3.05) is 80.7 Å². The summed E-state index contributed by atoms with van der Waals surface area (Å²) in [5.41, 5.74) is 16.7. The number of nitrogens with zero attached hydrogens (tertiary/aromatic N) is 5. The molecule has 32 nitrogen and oxygen atoms in total. The van der Waals surface area contributed by atoms with Crippen LogP contribution in [0.3, 0.4) is 0 Å². The van der Waals surface area contributed by atoms with Gasteiger partial charge in [0.15, 0.2) is 11.4 Å². The van der Waals surface area contributed by atoms with Crippen molar-refractivity contribution in [2.24, 2.45) is 16.6 Å². The fourth-order valence-corrected chi connectivity index (χ4v) is 19.2. The molecule has 0 spiro atoms. The van der Waals surface area contributed by atoms with Crippen LogP contribution in [0.2, 0.25) is 0 Å². The van der Waals surface area contributed by atoms with Crippen LogP contribution in [0, 0.1) is 10.8 Å². The first-order valence-corrected chi connectivity index (χ1v) is 51.2. The van der Waals surface area contributed by atoms with Gasteiger partial charge in [0.05, 0.1) is 22.3 Å². The lowest BCUT2D eigenvalue weighted by Crippen LogP contribution is -2.53. The Labute approximate surface area is 797 Å². The Hall–Kier alpha value is -11.3. The van der Waals surface area contributed by atoms with Crippen molar-refractivity contribution in [1.29, 1.82) is 0 Å². The van der Waals surface area contributed by atoms with E-state index in [1.807, 2.05) is 54.6 Å². The number of nitrogens with two attached hydrogens (primary N) is 1. The van der Waals surface area contributed by atoms with Crippen LogP contribution in [0.1, 0.15) is 234 Å². The normalized spacial score (nSPS) is 19.9. The minimum atomic E-state index is -4.42. The van der Waals surface area contributed by atoms with Crippen LogP contribution in [-0.2, 0) is 106 Å². The van der Waals surface area contributed by atoms with Crippen LogP contribution in [-0.4, -0.2) is 200 Å². The Morgan fingerprint density at radius 3 is 1.13 bits per heavy atom. The number of carbonyl (C=O) groups excluding carboxylic acids is 7. The molecule has 2 atom stereocenters. The number of rotatable bonds is 39. The number of carboxylic acid groups (broad SMARTS) is 1. The maximum atomic E-state index is 14.7. The first-order chi connectivity index (χ1) is 63.8. The first kappa shape index (κ1) is 111. The maximum Gasteiger partial charge on any atom is 0.425 e. The number of hydrogen-bond donors (Lipinski definition) is 8. The molecular formula is C99H134N10O22S4+2. The van der Waals surface area contributed by atoms with E-state index in [-0.39, 0.29) is 92.7 Å². The number of imide groups is 1. The Balaban J connectivity index is 0.000000337. The number of aliphatic carboxylic acids is 1. The van der Waals surface area contributed by atoms with Gasteiger partial charge in [-0.25, -0.2) is 4.79 Å². The number of fused-ring (bicyclic) bond motifs is 4. The van der Waals surface area contributed by atoms with Gasteiger partial charge in [0.2, 0.25) is 35.0 Å². The van der Waals surface area contributed by atoms with Gasteiger partial charge in [0, 0.05) is 147 Å². The third-order valence-corrected chi connectivity index (χ3v) is 26.5. The number of anilines is 2. The highest BCUT2D eigenvalue weighted by Gasteiger charge is 2.52. The number of para-hydroxylation sites is 4. The number of carbonyl (C=O) groups is 8. The Morgan fingerprint density at radius 1 is 0.444 bits per heavy atom. The number of hydroxylamine groups is 2. The van der Waals surface area contributed by atoms with Crippen LogP contribution >= 0.6 is 0 Å². The molecule has 0 radical (unpaired) electrons. The van der Waals surface area contributed by atoms with E-state index in [0.717, 1.165) is 127 Å². The van der Waals surface area contributed by atoms with E-state index >= 15 is 0 Å². The second kappa shape index (κ2) is 50.0. The van der Waals surface area contributed by atoms with E-state index in [1.165, 1.54) is 35.0 Å². The summed E-state index contributed by atoms with van der Waals surface area (Å²) in [5, 5.41) is 20.9. The molecule has 0 saturated carbocycles. The zero-order valence-electron chi connectivity index (χ0n) is 79.8. The van der Waals surface area contributed by atoms with Crippen molar-refractivity contribution in [3.63, 3.8) is 0 Å². The zero-order chi connectivity index (χ0) is 100. The summed E-state index contributed by atoms with van der Waals surface area (Å²) in [6, 6.07) is 33.6. The van der Waals surface area contributed by atoms with Crippen molar-refractivity contribution in [3.8, 4) is 0 Å². The van der Waals surface area contributed by atoms with E-state index in [0.29, 0.717) is 43.6 Å². The second-order valence-electron chi connectivity index (χ2n) is 36.3. The molecule has 9 N–H and O–H groups in total. The summed E-state index contributed by atoms with van der Waals surface area (Å²) >= 11 is 0. The molecule has 0 bridgehead atoms. The van der Waals surface area contributed by atoms with E-state index in [4.69, 9.17) is 35.2 Å². The predicted octanol–water partition coefficient (Wildman–Crippen LogP) is 12.9. The number of amides is 6. The highest BCUT2D eigenvalue weighted by atomic mass is 32.2. The average molecular weight is 1940 g/mol. The lowest BCUT2D eigenvalue weighted by atomic mass is 9.70. The Kier molecular flexibility index (Phi) is 41.0. The van der Waals surface area contributed by atoms with Gasteiger partial charge in [0.25, 0.3) is 32.1 Å². The van der Waals surface area contributed by atoms with Crippen molar-refractivity contribution < 1.29 is 109 Å². The van der Waals surface area contributed by atoms with E-state index in [2.05, 4.69) is 232 Å². The van der Waals surface area contributed by atoms with Gasteiger partial charge in [-0.15, -0.1) is 30.3 Å². The molecule has 11 rings (SSSR count). The van der Waals surface area contributed by atoms with Crippen LogP contribution in [0.4, 0.5) is 22.7 Å². The number of nitrogens with one attached hydrogen (secondary N) is 4. The Morgan fingerprint density at radius 2 is 0.785 bits per heavy atom. The third kappa shape index (κ3) is 29.1. The molecule has 5 aliphatic heterocycles. The number of unbranched alkanes of at least 4 members (excludes halogenated alkanes) is 6. The van der Waals surface area contributed by atoms with Crippen molar-refractivity contribution in [3.05, 3.63) is 214 Å². The summed E-state index contributed by atoms with van der Waals surface area (Å²) in [5.74, 6) is -6.43. The van der Waals surface area contributed by atoms with Crippen LogP contribution in [0.5, 0.6) is 0 Å². The third-order valence-electron chi connectivity index (χ3n) is 25.1. The lowest BCUT2D eigenvalue weighted by Gasteiger charge is -2.35. The molecule has 36 heteroatoms. The maximum absolute atomic E-state index is 14.7. The lowest BCUT2D eigenvalue weighted by molar-refractivity contribution is -0.437. The van der Waals surface area contributed by atoms with Crippen LogP contribution in [0.15, 0.2) is 192 Å². The number of hydrogen-bond acceptors (Lipinski definition) is 22. The number of allylic oxidation sites excluding steroid dienone is 16. The fraction of sp³-hybridized carbons (Fsp3) is 0.495. The molecular weight excluding hydrogens is 1810 g/mol. The quantitative estimate of drug-likeness (QED) is 0.00676. The predicted molar refractivity (Wildman–Crippen MR) is 519 cm³/mol. The van der Waals surface area contributed by atoms with Crippen molar-refractivity contribution in [1.82, 2.24) is 26.3 Å². The molecule has 734 valence electrons. The molecule has 7 aliphatic rings. The molecule has 135 heavy (non-hydrogen) atoms. The van der Waals surface area contributed by atoms with Gasteiger partial charge in [-0.05, 0) is 157 Å². The van der Waals surface area contributed by atoms with Gasteiger partial charge in [0.1, 0.15) is 23.9 Å². The molecule has 1 saturated heterocycles. The molecule has 5 heterocycles. The summed E-state index contributed by atoms with van der Waals surface area (Å²) in [7, 11) is -13.5. The molecule has 6 amide bonds. The molecule has 0 aromatic heterocycles. The summed E-state index contributed by atoms with van der Waals surface area (Å²) < 4.78 is 121. The number of carboxylic acids is 1. The standard InChI is InChI=1S/C51H65N5O9S.C47H62N4O7S.CH5N.2O3S/c1-7-9-31-55-41-20-15-13-18-39(41)50(5,6)43(55)25-23-37-33-36(22-24-42-49(3,4)38-17-12-14-19-40(38)54(42)30-8-2)34-51(35-37,48(61)53-29-32-66(62,63)64)47(60)52-28-16-10-11-21-46(59)65-56-44(57)26-27-45(56)58;1-7-9-29-51-39-20-15-13-18-37(39)46(5,6)41(51)25-23-35-31-34(22-24-40-45(3,4)36-17-12-14-19-38(36)50(40)28-8-2)32-47(33-35,44(55)49-27-30-59(56,57)58)43(54)48-26-16-10-11-21-42(52)53;1-2;2*1-4(2)3/h12-15,17-20,22-25,33H,7-11,16,21,26-32,34-35H2,1-6H3,(H2-,52,53,60,61,62,63,64);12-15,17-20,22-25,31H,7-11,16,21,26-30,32-33H2,1-6H3,(H3-,48,49,52,53,54,55,56,57,58);2H2,1H3;;/p+2. The van der Waals surface area contributed by atoms with Gasteiger partial charge in [-0.3, -0.25) is 42.7 Å². The van der Waals surface area contributed by atoms with Gasteiger partial charge in [-0.1, -0.05) is 190 Å². The van der Waals surface area contributed by atoms with Gasteiger partial charge < -0.3 is 46.7 Å². The average Bonchev–Trinajstić information content (AvgIpc) is 1.60.